The minimum absolute atomic E-state index is 0.319. The summed E-state index contributed by atoms with van der Waals surface area (Å²) in [5.41, 5.74) is 1.12. The molecule has 0 spiro atoms. The number of hydrogen-bond donors (Lipinski definition) is 1. The van der Waals surface area contributed by atoms with Crippen LogP contribution in [0, 0.1) is 0 Å². The predicted molar refractivity (Wildman–Crippen MR) is 57.4 cm³/mol. The van der Waals surface area contributed by atoms with Gasteiger partial charge in [-0.25, -0.2) is 4.79 Å². The zero-order valence-electron chi connectivity index (χ0n) is 8.85. The number of aliphatic hydroxyl groups is 1. The van der Waals surface area contributed by atoms with Gasteiger partial charge in [-0.15, -0.1) is 0 Å². The fraction of sp³-hybridized carbons (Fsp3) is 0.417. The van der Waals surface area contributed by atoms with Crippen LogP contribution in [0.15, 0.2) is 30.3 Å². The van der Waals surface area contributed by atoms with Gasteiger partial charge in [0.2, 0.25) is 0 Å². The van der Waals surface area contributed by atoms with E-state index in [2.05, 4.69) is 0 Å². The largest absolute Gasteiger partial charge is 0.463 e. The molecular weight excluding hydrogens is 192 g/mol. The molecule has 0 radical (unpaired) electrons. The first kappa shape index (κ1) is 11.7. The quantitative estimate of drug-likeness (QED) is 0.747. The van der Waals surface area contributed by atoms with Gasteiger partial charge in [0.25, 0.3) is 0 Å². The van der Waals surface area contributed by atoms with Crippen LogP contribution in [-0.4, -0.2) is 23.8 Å². The van der Waals surface area contributed by atoms with Crippen LogP contribution in [0.1, 0.15) is 18.9 Å². The van der Waals surface area contributed by atoms with Crippen molar-refractivity contribution in [2.45, 2.75) is 25.9 Å². The fourth-order valence-electron chi connectivity index (χ4n) is 1.18. The smallest absolute Gasteiger partial charge is 0.334 e. The van der Waals surface area contributed by atoms with Gasteiger partial charge in [0.1, 0.15) is 0 Å². The van der Waals surface area contributed by atoms with Crippen molar-refractivity contribution in [1.82, 2.24) is 0 Å². The van der Waals surface area contributed by atoms with Gasteiger partial charge in [0.05, 0.1) is 6.61 Å². The van der Waals surface area contributed by atoms with E-state index in [4.69, 9.17) is 9.84 Å². The molecule has 1 unspecified atom stereocenters. The van der Waals surface area contributed by atoms with E-state index >= 15 is 0 Å². The zero-order chi connectivity index (χ0) is 11.1. The van der Waals surface area contributed by atoms with E-state index in [0.717, 1.165) is 5.56 Å². The Labute approximate surface area is 89.7 Å². The van der Waals surface area contributed by atoms with Gasteiger partial charge in [-0.05, 0) is 12.0 Å². The van der Waals surface area contributed by atoms with E-state index in [1.807, 2.05) is 30.3 Å². The highest BCUT2D eigenvalue weighted by molar-refractivity contribution is 5.74. The van der Waals surface area contributed by atoms with E-state index in [9.17, 15) is 4.79 Å². The number of esters is 1. The topological polar surface area (TPSA) is 46.5 Å². The van der Waals surface area contributed by atoms with Crippen LogP contribution in [0.4, 0.5) is 0 Å². The van der Waals surface area contributed by atoms with Crippen molar-refractivity contribution in [3.8, 4) is 0 Å². The highest BCUT2D eigenvalue weighted by atomic mass is 16.5. The van der Waals surface area contributed by atoms with Crippen molar-refractivity contribution in [3.63, 3.8) is 0 Å². The lowest BCUT2D eigenvalue weighted by molar-refractivity contribution is -0.153. The van der Waals surface area contributed by atoms with Crippen molar-refractivity contribution in [1.29, 1.82) is 0 Å². The minimum atomic E-state index is -0.985. The Balaban J connectivity index is 2.25. The SMILES string of the molecule is CCC(O)C(=O)OCCc1ccccc1. The molecule has 0 aliphatic rings. The number of ether oxygens (including phenoxy) is 1. The molecule has 0 bridgehead atoms. The van der Waals surface area contributed by atoms with Gasteiger partial charge >= 0.3 is 5.97 Å². The first-order valence-electron chi connectivity index (χ1n) is 5.12. The van der Waals surface area contributed by atoms with Crippen molar-refractivity contribution in [3.05, 3.63) is 35.9 Å². The molecule has 1 rings (SSSR count). The average molecular weight is 208 g/mol. The lowest BCUT2D eigenvalue weighted by Gasteiger charge is -2.08. The second-order valence-electron chi connectivity index (χ2n) is 3.33. The fourth-order valence-corrected chi connectivity index (χ4v) is 1.18. The Morgan fingerprint density at radius 1 is 1.40 bits per heavy atom. The number of rotatable bonds is 5. The third-order valence-corrected chi connectivity index (χ3v) is 2.14. The third kappa shape index (κ3) is 4.13. The van der Waals surface area contributed by atoms with E-state index in [1.54, 1.807) is 6.92 Å². The summed E-state index contributed by atoms with van der Waals surface area (Å²) in [6, 6.07) is 9.78. The molecule has 1 N–H and O–H groups in total. The Bertz CT molecular complexity index is 295. The summed E-state index contributed by atoms with van der Waals surface area (Å²) < 4.78 is 4.91. The molecule has 3 heteroatoms. The average Bonchev–Trinajstić information content (AvgIpc) is 2.29. The molecule has 3 nitrogen and oxygen atoms in total. The minimum Gasteiger partial charge on any atom is -0.463 e. The Hall–Kier alpha value is -1.35. The summed E-state index contributed by atoms with van der Waals surface area (Å²) in [6.45, 7) is 2.06. The van der Waals surface area contributed by atoms with E-state index in [1.165, 1.54) is 0 Å². The highest BCUT2D eigenvalue weighted by Gasteiger charge is 2.13. The standard InChI is InChI=1S/C12H16O3/c1-2-11(13)12(14)15-9-8-10-6-4-3-5-7-10/h3-7,11,13H,2,8-9H2,1H3. The molecule has 1 aromatic carbocycles. The van der Waals surface area contributed by atoms with E-state index < -0.39 is 12.1 Å². The normalized spacial score (nSPS) is 12.1. The van der Waals surface area contributed by atoms with Crippen LogP contribution in [0.3, 0.4) is 0 Å². The number of aliphatic hydroxyl groups excluding tert-OH is 1. The van der Waals surface area contributed by atoms with E-state index in [0.29, 0.717) is 19.4 Å². The maximum Gasteiger partial charge on any atom is 0.334 e. The van der Waals surface area contributed by atoms with Gasteiger partial charge in [-0.3, -0.25) is 0 Å². The Kier molecular flexibility index (Phi) is 4.84. The molecule has 0 aliphatic carbocycles. The van der Waals surface area contributed by atoms with Gasteiger partial charge in [-0.2, -0.15) is 0 Å². The molecule has 0 aliphatic heterocycles. The van der Waals surface area contributed by atoms with Crippen LogP contribution in [0.25, 0.3) is 0 Å². The van der Waals surface area contributed by atoms with Crippen LogP contribution in [-0.2, 0) is 16.0 Å². The zero-order valence-corrected chi connectivity index (χ0v) is 8.85. The third-order valence-electron chi connectivity index (χ3n) is 2.14. The number of benzene rings is 1. The van der Waals surface area contributed by atoms with Gasteiger partial charge in [-0.1, -0.05) is 37.3 Å². The second kappa shape index (κ2) is 6.19. The van der Waals surface area contributed by atoms with Crippen LogP contribution in [0.5, 0.6) is 0 Å². The lowest BCUT2D eigenvalue weighted by atomic mass is 10.2. The maximum absolute atomic E-state index is 11.1. The summed E-state index contributed by atoms with van der Waals surface area (Å²) in [4.78, 5) is 11.1. The van der Waals surface area contributed by atoms with Gasteiger partial charge in [0, 0.05) is 6.42 Å². The van der Waals surface area contributed by atoms with E-state index in [-0.39, 0.29) is 0 Å². The molecule has 0 heterocycles. The van der Waals surface area contributed by atoms with Crippen LogP contribution in [0.2, 0.25) is 0 Å². The molecule has 82 valence electrons. The van der Waals surface area contributed by atoms with Crippen molar-refractivity contribution in [2.24, 2.45) is 0 Å². The summed E-state index contributed by atoms with van der Waals surface area (Å²) in [5.74, 6) is -0.534. The first-order valence-corrected chi connectivity index (χ1v) is 5.12. The summed E-state index contributed by atoms with van der Waals surface area (Å²) in [6.07, 6.45) is 0.0912. The molecular formula is C12H16O3. The van der Waals surface area contributed by atoms with Gasteiger partial charge in [0.15, 0.2) is 6.10 Å². The van der Waals surface area contributed by atoms with Crippen molar-refractivity contribution in [2.75, 3.05) is 6.61 Å². The number of carbonyl (C=O) groups excluding carboxylic acids is 1. The second-order valence-corrected chi connectivity index (χ2v) is 3.33. The number of carbonyl (C=O) groups is 1. The Morgan fingerprint density at radius 2 is 2.07 bits per heavy atom. The predicted octanol–water partition coefficient (Wildman–Crippen LogP) is 1.54. The molecule has 1 atom stereocenters. The molecule has 0 aromatic heterocycles. The highest BCUT2D eigenvalue weighted by Crippen LogP contribution is 2.01. The monoisotopic (exact) mass is 208 g/mol. The molecule has 1 aromatic rings. The summed E-state index contributed by atoms with van der Waals surface area (Å²) in [7, 11) is 0. The molecule has 0 fully saturated rings. The number of hydrogen-bond acceptors (Lipinski definition) is 3. The van der Waals surface area contributed by atoms with Crippen LogP contribution >= 0.6 is 0 Å². The molecule has 15 heavy (non-hydrogen) atoms. The van der Waals surface area contributed by atoms with Crippen molar-refractivity contribution >= 4 is 5.97 Å². The lowest BCUT2D eigenvalue weighted by Crippen LogP contribution is -2.22. The Morgan fingerprint density at radius 3 is 2.67 bits per heavy atom. The maximum atomic E-state index is 11.1. The van der Waals surface area contributed by atoms with Crippen LogP contribution < -0.4 is 0 Å². The first-order chi connectivity index (χ1) is 7.24. The molecule has 0 saturated heterocycles. The molecule has 0 amide bonds. The summed E-state index contributed by atoms with van der Waals surface area (Å²) in [5, 5.41) is 9.15. The van der Waals surface area contributed by atoms with Gasteiger partial charge < -0.3 is 9.84 Å². The molecule has 0 saturated carbocycles. The summed E-state index contributed by atoms with van der Waals surface area (Å²) >= 11 is 0. The van der Waals surface area contributed by atoms with Crippen molar-refractivity contribution < 1.29 is 14.6 Å².